The van der Waals surface area contributed by atoms with Crippen LogP contribution in [0.3, 0.4) is 0 Å². The van der Waals surface area contributed by atoms with Gasteiger partial charge in [0.1, 0.15) is 17.9 Å². The molecule has 1 N–H and O–H groups in total. The highest BCUT2D eigenvalue weighted by atomic mass is 16.7. The highest BCUT2D eigenvalue weighted by Gasteiger charge is 2.34. The van der Waals surface area contributed by atoms with Crippen LogP contribution in [-0.2, 0) is 9.53 Å². The van der Waals surface area contributed by atoms with Crippen LogP contribution in [0.4, 0.5) is 4.79 Å². The summed E-state index contributed by atoms with van der Waals surface area (Å²) in [5.74, 6) is -0.586. The van der Waals surface area contributed by atoms with Gasteiger partial charge in [-0.2, -0.15) is 0 Å². The number of nitrogens with zero attached hydrogens (tertiary/aromatic N) is 5. The monoisotopic (exact) mass is 571 g/mol. The Bertz CT molecular complexity index is 1530. The zero-order chi connectivity index (χ0) is 30.0. The van der Waals surface area contributed by atoms with Crippen LogP contribution in [0.2, 0.25) is 0 Å². The molecule has 0 radical (unpaired) electrons. The predicted molar refractivity (Wildman–Crippen MR) is 159 cm³/mol. The Kier molecular flexibility index (Phi) is 8.56. The van der Waals surface area contributed by atoms with E-state index in [4.69, 9.17) is 9.57 Å². The fraction of sp³-hybridized carbons (Fsp3) is 0.375. The molecule has 1 heterocycles. The molecule has 0 saturated carbocycles. The van der Waals surface area contributed by atoms with E-state index in [1.807, 2.05) is 100 Å². The van der Waals surface area contributed by atoms with Gasteiger partial charge in [-0.25, -0.2) is 14.4 Å². The Morgan fingerprint density at radius 2 is 1.48 bits per heavy atom. The van der Waals surface area contributed by atoms with Crippen molar-refractivity contribution in [1.29, 1.82) is 0 Å². The maximum atomic E-state index is 13.5. The van der Waals surface area contributed by atoms with E-state index in [1.54, 1.807) is 4.68 Å². The summed E-state index contributed by atoms with van der Waals surface area (Å²) >= 11 is 0. The molecule has 4 aromatic rings. The van der Waals surface area contributed by atoms with Crippen molar-refractivity contribution in [2.24, 2.45) is 5.92 Å². The summed E-state index contributed by atoms with van der Waals surface area (Å²) in [6, 6.07) is 22.9. The molecule has 3 aromatic carbocycles. The summed E-state index contributed by atoms with van der Waals surface area (Å²) in [6.07, 6.45) is -0.513. The molecule has 0 spiro atoms. The standard InChI is InChI=1S/C32H38N6O4/c1-21(2)19-27(30(39)42-38-29-18-12-11-17-28(29)37(34-38)32(35(3)4)36(5)6)33-31(40)41-20-26-24-15-9-7-13-22(24)23-14-8-10-16-25(23)26/h7-18,21,26-27,32H,19-20H2,1-6H3/p+1. The number of rotatable bonds is 10. The number of carbonyl (C=O) groups is 2. The molecule has 0 fully saturated rings. The molecule has 1 amide bonds. The first-order valence-corrected chi connectivity index (χ1v) is 14.2. The van der Waals surface area contributed by atoms with Crippen LogP contribution < -0.4 is 14.8 Å². The molecular weight excluding hydrogens is 532 g/mol. The highest BCUT2D eigenvalue weighted by molar-refractivity contribution is 5.83. The molecule has 0 bridgehead atoms. The first kappa shape index (κ1) is 29.2. The number of fused-ring (bicyclic) bond motifs is 4. The van der Waals surface area contributed by atoms with Crippen molar-refractivity contribution >= 4 is 23.1 Å². The smallest absolute Gasteiger partial charge is 0.407 e. The highest BCUT2D eigenvalue weighted by Crippen LogP contribution is 2.44. The first-order valence-electron chi connectivity index (χ1n) is 14.2. The Balaban J connectivity index is 1.32. The van der Waals surface area contributed by atoms with Gasteiger partial charge < -0.3 is 10.1 Å². The second-order valence-electron chi connectivity index (χ2n) is 11.5. The van der Waals surface area contributed by atoms with Crippen molar-refractivity contribution in [3.63, 3.8) is 0 Å². The average Bonchev–Trinajstić information content (AvgIpc) is 3.46. The molecule has 1 aliphatic carbocycles. The topological polar surface area (TPSA) is 92.8 Å². The molecule has 10 heteroatoms. The molecule has 10 nitrogen and oxygen atoms in total. The summed E-state index contributed by atoms with van der Waals surface area (Å²) < 4.78 is 7.51. The summed E-state index contributed by atoms with van der Waals surface area (Å²) in [5, 5.41) is 7.36. The van der Waals surface area contributed by atoms with Crippen molar-refractivity contribution in [2.75, 3.05) is 34.8 Å². The van der Waals surface area contributed by atoms with Crippen LogP contribution in [-0.4, -0.2) is 72.8 Å². The first-order chi connectivity index (χ1) is 20.2. The predicted octanol–water partition coefficient (Wildman–Crippen LogP) is 3.81. The van der Waals surface area contributed by atoms with Gasteiger partial charge in [0, 0.05) is 5.92 Å². The number of benzene rings is 3. The maximum absolute atomic E-state index is 13.5. The van der Waals surface area contributed by atoms with Gasteiger partial charge in [-0.15, -0.1) is 0 Å². The van der Waals surface area contributed by atoms with E-state index in [-0.39, 0.29) is 24.7 Å². The van der Waals surface area contributed by atoms with Gasteiger partial charge in [0.05, 0.1) is 4.85 Å². The van der Waals surface area contributed by atoms with E-state index in [0.717, 1.165) is 27.8 Å². The number of para-hydroxylation sites is 2. The van der Waals surface area contributed by atoms with Gasteiger partial charge in [-0.05, 0) is 74.9 Å². The van der Waals surface area contributed by atoms with E-state index in [0.29, 0.717) is 11.9 Å². The quantitative estimate of drug-likeness (QED) is 0.176. The van der Waals surface area contributed by atoms with E-state index >= 15 is 0 Å². The molecule has 42 heavy (non-hydrogen) atoms. The van der Waals surface area contributed by atoms with Crippen molar-refractivity contribution in [1.82, 2.24) is 25.2 Å². The minimum Gasteiger partial charge on any atom is -0.449 e. The van der Waals surface area contributed by atoms with Crippen LogP contribution in [0.25, 0.3) is 22.2 Å². The maximum Gasteiger partial charge on any atom is 0.407 e. The minimum atomic E-state index is -0.921. The number of aromatic nitrogens is 3. The number of hydrogen-bond acceptors (Lipinski definition) is 7. The number of alkyl carbamates (subject to hydrolysis) is 1. The van der Waals surface area contributed by atoms with Crippen LogP contribution >= 0.6 is 0 Å². The Morgan fingerprint density at radius 1 is 0.905 bits per heavy atom. The Hall–Kier alpha value is -4.28. The lowest BCUT2D eigenvalue weighted by Gasteiger charge is -2.25. The largest absolute Gasteiger partial charge is 0.449 e. The Labute approximate surface area is 246 Å². The number of carbonyl (C=O) groups excluding carboxylic acids is 2. The number of nitrogens with one attached hydrogen (secondary N) is 1. The lowest BCUT2D eigenvalue weighted by Crippen LogP contribution is -2.56. The van der Waals surface area contributed by atoms with Crippen LogP contribution in [0.5, 0.6) is 0 Å². The Morgan fingerprint density at radius 3 is 2.07 bits per heavy atom. The van der Waals surface area contributed by atoms with Crippen LogP contribution in [0.15, 0.2) is 72.8 Å². The number of amides is 1. The fourth-order valence-electron chi connectivity index (χ4n) is 5.76. The molecule has 1 aliphatic rings. The van der Waals surface area contributed by atoms with E-state index in [1.165, 1.54) is 4.85 Å². The van der Waals surface area contributed by atoms with E-state index in [9.17, 15) is 9.59 Å². The zero-order valence-electron chi connectivity index (χ0n) is 25.0. The summed E-state index contributed by atoms with van der Waals surface area (Å²) in [6.45, 7) is 4.12. The summed E-state index contributed by atoms with van der Waals surface area (Å²) in [5.41, 5.74) is 5.97. The zero-order valence-corrected chi connectivity index (χ0v) is 25.0. The molecule has 1 aromatic heterocycles. The third kappa shape index (κ3) is 5.86. The van der Waals surface area contributed by atoms with Crippen molar-refractivity contribution in [2.45, 2.75) is 38.5 Å². The van der Waals surface area contributed by atoms with Gasteiger partial charge in [-0.1, -0.05) is 79.2 Å². The summed E-state index contributed by atoms with van der Waals surface area (Å²) in [4.78, 5) is 37.6. The SMILES string of the molecule is CC(C)CC(NC(=O)OCC1c2ccccc2-c2ccccc21)C(=O)On1n[n+](C(N(C)C)N(C)C)c2ccccc21. The molecule has 0 aliphatic heterocycles. The second kappa shape index (κ2) is 12.3. The minimum absolute atomic E-state index is 0.0779. The third-order valence-corrected chi connectivity index (χ3v) is 7.46. The van der Waals surface area contributed by atoms with Gasteiger partial charge in [0.2, 0.25) is 17.3 Å². The molecule has 1 unspecified atom stereocenters. The molecule has 0 saturated heterocycles. The van der Waals surface area contributed by atoms with E-state index in [2.05, 4.69) is 34.8 Å². The normalized spacial score (nSPS) is 13.6. The summed E-state index contributed by atoms with van der Waals surface area (Å²) in [7, 11) is 7.81. The molecule has 220 valence electrons. The van der Waals surface area contributed by atoms with Gasteiger partial charge >= 0.3 is 12.1 Å². The van der Waals surface area contributed by atoms with Crippen LogP contribution in [0.1, 0.15) is 43.6 Å². The van der Waals surface area contributed by atoms with Crippen LogP contribution in [0, 0.1) is 5.92 Å². The number of hydrogen-bond donors (Lipinski definition) is 1. The van der Waals surface area contributed by atoms with Gasteiger partial charge in [-0.3, -0.25) is 9.80 Å². The lowest BCUT2D eigenvalue weighted by atomic mass is 9.98. The molecule has 5 rings (SSSR count). The third-order valence-electron chi connectivity index (χ3n) is 7.46. The second-order valence-corrected chi connectivity index (χ2v) is 11.5. The van der Waals surface area contributed by atoms with Gasteiger partial charge in [0.25, 0.3) is 0 Å². The van der Waals surface area contributed by atoms with Crippen molar-refractivity contribution < 1.29 is 23.8 Å². The fourth-order valence-corrected chi connectivity index (χ4v) is 5.76. The van der Waals surface area contributed by atoms with Crippen molar-refractivity contribution in [3.8, 4) is 11.1 Å². The van der Waals surface area contributed by atoms with E-state index < -0.39 is 18.1 Å². The van der Waals surface area contributed by atoms with Crippen molar-refractivity contribution in [3.05, 3.63) is 83.9 Å². The van der Waals surface area contributed by atoms with Gasteiger partial charge in [0.15, 0.2) is 0 Å². The lowest BCUT2D eigenvalue weighted by molar-refractivity contribution is -0.794. The number of ether oxygens (including phenoxy) is 1. The molecular formula is C32H39N6O4+. The molecule has 1 atom stereocenters. The average molecular weight is 572 g/mol.